The lowest BCUT2D eigenvalue weighted by Crippen LogP contribution is -2.47. The van der Waals surface area contributed by atoms with Crippen molar-refractivity contribution >= 4 is 0 Å². The molecule has 0 N–H and O–H groups in total. The third-order valence-corrected chi connectivity index (χ3v) is 10.6. The van der Waals surface area contributed by atoms with E-state index in [0.717, 1.165) is 47.3 Å². The summed E-state index contributed by atoms with van der Waals surface area (Å²) in [7, 11) is 0. The van der Waals surface area contributed by atoms with Gasteiger partial charge in [-0.05, 0) is 70.0 Å². The third-order valence-electron chi connectivity index (χ3n) is 10.6. The maximum atomic E-state index is 2.60. The molecule has 0 spiro atoms. The predicted molar refractivity (Wildman–Crippen MR) is 108 cm³/mol. The minimum atomic E-state index is 0.426. The van der Waals surface area contributed by atoms with Gasteiger partial charge in [-0.15, -0.1) is 0 Å². The fourth-order valence-corrected chi connectivity index (χ4v) is 7.55. The Morgan fingerprint density at radius 1 is 0.625 bits per heavy atom. The van der Waals surface area contributed by atoms with Gasteiger partial charge in [0.1, 0.15) is 0 Å². The summed E-state index contributed by atoms with van der Waals surface area (Å²) in [4.78, 5) is 0. The van der Waals surface area contributed by atoms with Crippen molar-refractivity contribution in [3.8, 4) is 0 Å². The van der Waals surface area contributed by atoms with Gasteiger partial charge in [-0.3, -0.25) is 0 Å². The largest absolute Gasteiger partial charge is 0.0683 e. The molecule has 3 saturated carbocycles. The molecule has 24 heavy (non-hydrogen) atoms. The molecule has 0 saturated heterocycles. The second-order valence-corrected chi connectivity index (χ2v) is 11.1. The predicted octanol–water partition coefficient (Wildman–Crippen LogP) is 7.53. The summed E-state index contributed by atoms with van der Waals surface area (Å²) in [5.41, 5.74) is 1.34. The average molecular weight is 335 g/mol. The maximum absolute atomic E-state index is 2.60. The standard InChI is InChI=1S/C22H40.C2H6/c1-12-13(2)15(4)18-16(14(12)3)11-17-19(18)21(7,8)22(9,10)20(17,5)6;1-2/h12-19H,11H2,1-10H3;1-2H3. The quantitative estimate of drug-likeness (QED) is 0.429. The minimum Gasteiger partial charge on any atom is -0.0683 e. The van der Waals surface area contributed by atoms with Crippen molar-refractivity contribution in [2.45, 2.75) is 89.5 Å². The van der Waals surface area contributed by atoms with Crippen molar-refractivity contribution in [3.63, 3.8) is 0 Å². The Morgan fingerprint density at radius 2 is 1.08 bits per heavy atom. The number of hydrogen-bond acceptors (Lipinski definition) is 0. The van der Waals surface area contributed by atoms with Gasteiger partial charge in [0.2, 0.25) is 0 Å². The van der Waals surface area contributed by atoms with Crippen LogP contribution < -0.4 is 0 Å². The Kier molecular flexibility index (Phi) is 5.10. The molecule has 142 valence electrons. The lowest BCUT2D eigenvalue weighted by molar-refractivity contribution is -0.0467. The first-order chi connectivity index (χ1) is 10.9. The number of fused-ring (bicyclic) bond motifs is 3. The molecule has 0 aromatic rings. The molecule has 8 unspecified atom stereocenters. The molecule has 0 nitrogen and oxygen atoms in total. The average Bonchev–Trinajstić information content (AvgIpc) is 2.97. The number of rotatable bonds is 0. The van der Waals surface area contributed by atoms with Crippen LogP contribution in [0.2, 0.25) is 0 Å². The van der Waals surface area contributed by atoms with E-state index in [4.69, 9.17) is 0 Å². The van der Waals surface area contributed by atoms with Crippen molar-refractivity contribution in [2.24, 2.45) is 63.6 Å². The highest BCUT2D eigenvalue weighted by Gasteiger charge is 2.70. The van der Waals surface area contributed by atoms with E-state index in [2.05, 4.69) is 69.2 Å². The normalized spacial score (nSPS) is 50.5. The van der Waals surface area contributed by atoms with E-state index in [1.54, 1.807) is 0 Å². The van der Waals surface area contributed by atoms with Crippen LogP contribution in [0, 0.1) is 63.6 Å². The van der Waals surface area contributed by atoms with Crippen LogP contribution in [0.25, 0.3) is 0 Å². The van der Waals surface area contributed by atoms with Gasteiger partial charge in [-0.1, -0.05) is 83.1 Å². The molecule has 0 heterocycles. The molecule has 0 aromatic carbocycles. The van der Waals surface area contributed by atoms with Crippen LogP contribution in [0.3, 0.4) is 0 Å². The van der Waals surface area contributed by atoms with E-state index >= 15 is 0 Å². The van der Waals surface area contributed by atoms with Crippen LogP contribution >= 0.6 is 0 Å². The van der Waals surface area contributed by atoms with E-state index in [0.29, 0.717) is 16.2 Å². The zero-order valence-electron chi connectivity index (χ0n) is 18.8. The van der Waals surface area contributed by atoms with Crippen molar-refractivity contribution in [1.82, 2.24) is 0 Å². The van der Waals surface area contributed by atoms with E-state index in [1.807, 2.05) is 13.8 Å². The molecule has 3 fully saturated rings. The summed E-state index contributed by atoms with van der Waals surface area (Å²) in [6, 6.07) is 0. The highest BCUT2D eigenvalue weighted by atomic mass is 14.7. The summed E-state index contributed by atoms with van der Waals surface area (Å²) in [5.74, 6) is 7.39. The zero-order valence-corrected chi connectivity index (χ0v) is 18.8. The van der Waals surface area contributed by atoms with Crippen molar-refractivity contribution < 1.29 is 0 Å². The summed E-state index contributed by atoms with van der Waals surface area (Å²) < 4.78 is 0. The van der Waals surface area contributed by atoms with Crippen LogP contribution in [-0.2, 0) is 0 Å². The fraction of sp³-hybridized carbons (Fsp3) is 1.00. The number of hydrogen-bond donors (Lipinski definition) is 0. The lowest BCUT2D eigenvalue weighted by Gasteiger charge is -2.53. The van der Waals surface area contributed by atoms with Crippen LogP contribution in [0.1, 0.15) is 89.5 Å². The van der Waals surface area contributed by atoms with E-state index in [9.17, 15) is 0 Å². The van der Waals surface area contributed by atoms with Gasteiger partial charge in [0.25, 0.3) is 0 Å². The van der Waals surface area contributed by atoms with Gasteiger partial charge in [-0.25, -0.2) is 0 Å². The topological polar surface area (TPSA) is 0 Å². The Balaban J connectivity index is 0.00000100. The highest BCUT2D eigenvalue weighted by Crippen LogP contribution is 2.76. The molecule has 3 aliphatic carbocycles. The maximum Gasteiger partial charge on any atom is -0.0246 e. The minimum absolute atomic E-state index is 0.426. The summed E-state index contributed by atoms with van der Waals surface area (Å²) in [6.45, 7) is 29.7. The van der Waals surface area contributed by atoms with Crippen molar-refractivity contribution in [1.29, 1.82) is 0 Å². The van der Waals surface area contributed by atoms with E-state index < -0.39 is 0 Å². The second-order valence-electron chi connectivity index (χ2n) is 11.1. The van der Waals surface area contributed by atoms with Crippen LogP contribution in [0.4, 0.5) is 0 Å². The first-order valence-electron chi connectivity index (χ1n) is 10.9. The van der Waals surface area contributed by atoms with Gasteiger partial charge in [0.05, 0.1) is 0 Å². The van der Waals surface area contributed by atoms with Crippen LogP contribution in [-0.4, -0.2) is 0 Å². The molecule has 3 aliphatic rings. The SMILES string of the molecule is CC.CC1C(C)C(C)C2C(CC3C2C(C)(C)C(C)(C)C3(C)C)C1C. The van der Waals surface area contributed by atoms with Crippen molar-refractivity contribution in [3.05, 3.63) is 0 Å². The molecule has 0 radical (unpaired) electrons. The summed E-state index contributed by atoms with van der Waals surface area (Å²) in [5, 5.41) is 0. The van der Waals surface area contributed by atoms with Crippen LogP contribution in [0.5, 0.6) is 0 Å². The fourth-order valence-electron chi connectivity index (χ4n) is 7.55. The lowest BCUT2D eigenvalue weighted by atomic mass is 9.52. The molecule has 8 atom stereocenters. The Labute approximate surface area is 153 Å². The van der Waals surface area contributed by atoms with Gasteiger partial charge >= 0.3 is 0 Å². The third kappa shape index (κ3) is 2.23. The Morgan fingerprint density at radius 3 is 1.58 bits per heavy atom. The molecule has 0 bridgehead atoms. The molecule has 0 aliphatic heterocycles. The molecule has 0 amide bonds. The van der Waals surface area contributed by atoms with Crippen LogP contribution in [0.15, 0.2) is 0 Å². The van der Waals surface area contributed by atoms with Gasteiger partial charge in [-0.2, -0.15) is 0 Å². The first-order valence-corrected chi connectivity index (χ1v) is 10.9. The van der Waals surface area contributed by atoms with Gasteiger partial charge in [0.15, 0.2) is 0 Å². The summed E-state index contributed by atoms with van der Waals surface area (Å²) >= 11 is 0. The van der Waals surface area contributed by atoms with Gasteiger partial charge in [0, 0.05) is 0 Å². The van der Waals surface area contributed by atoms with Crippen molar-refractivity contribution in [2.75, 3.05) is 0 Å². The monoisotopic (exact) mass is 334 g/mol. The zero-order chi connectivity index (χ0) is 18.8. The second kappa shape index (κ2) is 6.02. The molecular formula is C24H46. The molecule has 3 rings (SSSR count). The molecule has 0 heteroatoms. The van der Waals surface area contributed by atoms with E-state index in [-0.39, 0.29) is 0 Å². The van der Waals surface area contributed by atoms with Gasteiger partial charge < -0.3 is 0 Å². The highest BCUT2D eigenvalue weighted by molar-refractivity contribution is 5.18. The summed E-state index contributed by atoms with van der Waals surface area (Å²) in [6.07, 6.45) is 1.50. The first kappa shape index (κ1) is 20.3. The van der Waals surface area contributed by atoms with E-state index in [1.165, 1.54) is 6.42 Å². The smallest absolute Gasteiger partial charge is 0.0246 e. The molecular weight excluding hydrogens is 288 g/mol. The Bertz CT molecular complexity index is 455. The molecule has 0 aromatic heterocycles. The Hall–Kier alpha value is 0.